The van der Waals surface area contributed by atoms with Crippen molar-refractivity contribution in [3.05, 3.63) is 57.2 Å². The molecule has 2 aromatic heterocycles. The van der Waals surface area contributed by atoms with E-state index in [0.29, 0.717) is 54.3 Å². The Morgan fingerprint density at radius 3 is 2.77 bits per heavy atom. The van der Waals surface area contributed by atoms with Crippen LogP contribution in [0.1, 0.15) is 52.3 Å². The molecule has 4 atom stereocenters. The molecule has 3 aromatic rings. The van der Waals surface area contributed by atoms with Crippen molar-refractivity contribution in [2.24, 2.45) is 0 Å². The number of piperidine rings is 1. The van der Waals surface area contributed by atoms with E-state index < -0.39 is 12.0 Å². The average Bonchev–Trinajstić information content (AvgIpc) is 3.41. The lowest BCUT2D eigenvalue weighted by molar-refractivity contribution is 0.0531. The number of ether oxygens (including phenoxy) is 1. The van der Waals surface area contributed by atoms with E-state index in [2.05, 4.69) is 15.0 Å². The third-order valence-corrected chi connectivity index (χ3v) is 8.31. The van der Waals surface area contributed by atoms with Crippen LogP contribution in [0.15, 0.2) is 18.2 Å². The normalized spacial score (nSPS) is 25.9. The second kappa shape index (κ2) is 8.13. The van der Waals surface area contributed by atoms with Crippen LogP contribution < -0.4 is 4.74 Å². The van der Waals surface area contributed by atoms with E-state index in [1.165, 1.54) is 18.2 Å². The number of alkyl halides is 1. The van der Waals surface area contributed by atoms with Gasteiger partial charge in [0, 0.05) is 30.1 Å². The number of aryl methyl sites for hydroxylation is 2. The van der Waals surface area contributed by atoms with E-state index in [1.807, 2.05) is 20.9 Å². The molecule has 3 aliphatic heterocycles. The van der Waals surface area contributed by atoms with Gasteiger partial charge in [0.25, 0.3) is 5.91 Å². The van der Waals surface area contributed by atoms with Crippen molar-refractivity contribution in [1.29, 1.82) is 0 Å². The molecule has 2 fully saturated rings. The summed E-state index contributed by atoms with van der Waals surface area (Å²) < 4.78 is 36.4. The van der Waals surface area contributed by atoms with Crippen LogP contribution in [0.5, 0.6) is 5.75 Å². The maximum Gasteiger partial charge on any atom is 0.258 e. The molecular formula is C25H26ClF2N5O2. The lowest BCUT2D eigenvalue weighted by Gasteiger charge is -2.36. The molecule has 35 heavy (non-hydrogen) atoms. The fourth-order valence-corrected chi connectivity index (χ4v) is 5.95. The van der Waals surface area contributed by atoms with Gasteiger partial charge in [0.05, 0.1) is 40.8 Å². The van der Waals surface area contributed by atoms with E-state index in [1.54, 1.807) is 9.42 Å². The van der Waals surface area contributed by atoms with E-state index in [-0.39, 0.29) is 29.8 Å². The van der Waals surface area contributed by atoms with Crippen LogP contribution in [0.25, 0.3) is 5.65 Å². The highest BCUT2D eigenvalue weighted by molar-refractivity contribution is 6.31. The molecule has 5 heterocycles. The minimum Gasteiger partial charge on any atom is -0.489 e. The Morgan fingerprint density at radius 2 is 2.00 bits per heavy atom. The standard InChI is InChI=1S/C25H26ClF2N5O2/c1-12-23(26)13(2)33-24(29-12)18-10-32(11-20(18)30-33)25(34)17-5-4-14(27)6-22(17)35-16-7-15-8-19(28)21(9-16)31(15)3/h4-6,15-16,19,21H,7-11H2,1-3H3/t15-,16-,19+,21+/m0/s1. The Labute approximate surface area is 206 Å². The topological polar surface area (TPSA) is 63.0 Å². The van der Waals surface area contributed by atoms with Crippen LogP contribution in [-0.4, -0.2) is 61.7 Å². The lowest BCUT2D eigenvalue weighted by Crippen LogP contribution is -2.45. The Kier molecular flexibility index (Phi) is 5.27. The first-order chi connectivity index (χ1) is 16.7. The van der Waals surface area contributed by atoms with E-state index >= 15 is 0 Å². The molecule has 0 aliphatic carbocycles. The van der Waals surface area contributed by atoms with Crippen molar-refractivity contribution in [2.45, 2.75) is 70.6 Å². The van der Waals surface area contributed by atoms with Gasteiger partial charge in [-0.2, -0.15) is 5.10 Å². The van der Waals surface area contributed by atoms with Crippen molar-refractivity contribution < 1.29 is 18.3 Å². The second-order valence-electron chi connectivity index (χ2n) is 9.91. The highest BCUT2D eigenvalue weighted by atomic mass is 35.5. The number of amides is 1. The zero-order valence-corrected chi connectivity index (χ0v) is 20.5. The average molecular weight is 502 g/mol. The third-order valence-electron chi connectivity index (χ3n) is 7.76. The summed E-state index contributed by atoms with van der Waals surface area (Å²) in [5, 5.41) is 5.20. The maximum absolute atomic E-state index is 14.4. The van der Waals surface area contributed by atoms with Crippen LogP contribution in [-0.2, 0) is 13.1 Å². The predicted molar refractivity (Wildman–Crippen MR) is 126 cm³/mol. The van der Waals surface area contributed by atoms with Crippen molar-refractivity contribution >= 4 is 23.2 Å². The van der Waals surface area contributed by atoms with Gasteiger partial charge in [0.15, 0.2) is 5.65 Å². The Balaban J connectivity index is 1.26. The number of carbonyl (C=O) groups is 1. The van der Waals surface area contributed by atoms with Gasteiger partial charge in [-0.25, -0.2) is 18.3 Å². The fraction of sp³-hybridized carbons (Fsp3) is 0.480. The van der Waals surface area contributed by atoms with Crippen molar-refractivity contribution in [3.8, 4) is 5.75 Å². The summed E-state index contributed by atoms with van der Waals surface area (Å²) in [7, 11) is 1.94. The van der Waals surface area contributed by atoms with Gasteiger partial charge < -0.3 is 9.64 Å². The molecule has 2 bridgehead atoms. The van der Waals surface area contributed by atoms with E-state index in [4.69, 9.17) is 16.3 Å². The fourth-order valence-electron chi connectivity index (χ4n) is 5.83. The minimum absolute atomic E-state index is 0.0966. The first-order valence-electron chi connectivity index (χ1n) is 11.9. The minimum atomic E-state index is -0.884. The van der Waals surface area contributed by atoms with Crippen molar-refractivity contribution in [2.75, 3.05) is 7.05 Å². The van der Waals surface area contributed by atoms with Crippen LogP contribution in [0, 0.1) is 19.7 Å². The number of benzene rings is 1. The van der Waals surface area contributed by atoms with Gasteiger partial charge in [-0.15, -0.1) is 0 Å². The molecular weight excluding hydrogens is 476 g/mol. The van der Waals surface area contributed by atoms with Crippen molar-refractivity contribution in [1.82, 2.24) is 24.4 Å². The van der Waals surface area contributed by atoms with Gasteiger partial charge in [-0.1, -0.05) is 11.6 Å². The quantitative estimate of drug-likeness (QED) is 0.537. The van der Waals surface area contributed by atoms with Gasteiger partial charge in [-0.05, 0) is 45.9 Å². The maximum atomic E-state index is 14.4. The van der Waals surface area contributed by atoms with Crippen LogP contribution in [0.3, 0.4) is 0 Å². The largest absolute Gasteiger partial charge is 0.489 e. The number of rotatable bonds is 3. The summed E-state index contributed by atoms with van der Waals surface area (Å²) in [5.74, 6) is -0.544. The number of hydrogen-bond acceptors (Lipinski definition) is 5. The molecule has 0 radical (unpaired) electrons. The number of halogens is 3. The third kappa shape index (κ3) is 3.59. The highest BCUT2D eigenvalue weighted by Gasteiger charge is 2.46. The van der Waals surface area contributed by atoms with Gasteiger partial charge in [-0.3, -0.25) is 9.69 Å². The van der Waals surface area contributed by atoms with E-state index in [9.17, 15) is 13.6 Å². The molecule has 0 spiro atoms. The molecule has 6 rings (SSSR count). The second-order valence-corrected chi connectivity index (χ2v) is 10.3. The van der Waals surface area contributed by atoms with Crippen molar-refractivity contribution in [3.63, 3.8) is 0 Å². The summed E-state index contributed by atoms with van der Waals surface area (Å²) in [4.78, 5) is 21.9. The van der Waals surface area contributed by atoms with Crippen LogP contribution in [0.4, 0.5) is 8.78 Å². The zero-order chi connectivity index (χ0) is 24.6. The zero-order valence-electron chi connectivity index (χ0n) is 19.8. The molecule has 184 valence electrons. The lowest BCUT2D eigenvalue weighted by atomic mass is 10.00. The highest BCUT2D eigenvalue weighted by Crippen LogP contribution is 2.39. The SMILES string of the molecule is Cc1nc2c3c(nn2c(C)c1Cl)CN(C(=O)c1ccc(F)cc1O[C@H]1C[C@H]2C[C@@H](F)[C@@H](C1)N2C)C3. The summed E-state index contributed by atoms with van der Waals surface area (Å²) in [6.07, 6.45) is 0.497. The summed E-state index contributed by atoms with van der Waals surface area (Å²) in [6, 6.07) is 3.87. The number of carbonyl (C=O) groups excluding carboxylic acids is 1. The number of nitrogens with zero attached hydrogens (tertiary/aromatic N) is 5. The molecule has 10 heteroatoms. The number of fused-ring (bicyclic) bond motifs is 5. The Hall–Kier alpha value is -2.78. The molecule has 0 N–H and O–H groups in total. The van der Waals surface area contributed by atoms with E-state index in [0.717, 1.165) is 17.0 Å². The van der Waals surface area contributed by atoms with Gasteiger partial charge in [0.2, 0.25) is 0 Å². The Morgan fingerprint density at radius 1 is 1.20 bits per heavy atom. The molecule has 0 unspecified atom stereocenters. The molecule has 2 saturated heterocycles. The Bertz CT molecular complexity index is 1360. The summed E-state index contributed by atoms with van der Waals surface area (Å²) in [6.45, 7) is 4.38. The first kappa shape index (κ1) is 22.7. The van der Waals surface area contributed by atoms with Gasteiger partial charge >= 0.3 is 0 Å². The number of aromatic nitrogens is 3. The smallest absolute Gasteiger partial charge is 0.258 e. The van der Waals surface area contributed by atoms with Crippen LogP contribution in [0.2, 0.25) is 5.02 Å². The first-order valence-corrected chi connectivity index (χ1v) is 12.2. The molecule has 3 aliphatic rings. The number of hydrogen-bond donors (Lipinski definition) is 0. The molecule has 1 amide bonds. The predicted octanol–water partition coefficient (Wildman–Crippen LogP) is 4.25. The monoisotopic (exact) mass is 501 g/mol. The molecule has 1 aromatic carbocycles. The molecule has 7 nitrogen and oxygen atoms in total. The summed E-state index contributed by atoms with van der Waals surface area (Å²) >= 11 is 6.33. The summed E-state index contributed by atoms with van der Waals surface area (Å²) in [5.41, 5.74) is 4.14. The molecule has 0 saturated carbocycles. The van der Waals surface area contributed by atoms with Gasteiger partial charge in [0.1, 0.15) is 23.8 Å². The van der Waals surface area contributed by atoms with Crippen LogP contribution >= 0.6 is 11.6 Å².